The Labute approximate surface area is 303 Å². The molecule has 7 aromatic rings. The highest BCUT2D eigenvalue weighted by Crippen LogP contribution is 2.39. The largest absolute Gasteiger partial charge is 0.354 e. The number of benzene rings is 4. The zero-order valence-electron chi connectivity index (χ0n) is 29.8. The molecule has 3 aromatic heterocycles. The average molecular weight is 671 g/mol. The van der Waals surface area contributed by atoms with E-state index in [0.29, 0.717) is 0 Å². The Bertz CT molecular complexity index is 2640. The van der Waals surface area contributed by atoms with E-state index in [9.17, 15) is 0 Å². The Hall–Kier alpha value is -6.52. The Morgan fingerprint density at radius 1 is 0.327 bits per heavy atom. The van der Waals surface area contributed by atoms with Crippen LogP contribution in [-0.4, -0.2) is 19.9 Å². The number of aromatic amines is 2. The van der Waals surface area contributed by atoms with E-state index in [1.54, 1.807) is 0 Å². The van der Waals surface area contributed by atoms with Crippen molar-refractivity contribution in [2.45, 2.75) is 27.7 Å². The maximum atomic E-state index is 5.42. The van der Waals surface area contributed by atoms with Crippen LogP contribution in [0.3, 0.4) is 0 Å². The van der Waals surface area contributed by atoms with Gasteiger partial charge in [-0.05, 0) is 98.5 Å². The predicted molar refractivity (Wildman–Crippen MR) is 220 cm³/mol. The molecule has 2 N–H and O–H groups in total. The first-order valence-electron chi connectivity index (χ1n) is 17.8. The number of nitrogens with zero attached hydrogens (tertiary/aromatic N) is 2. The van der Waals surface area contributed by atoms with Gasteiger partial charge in [-0.15, -0.1) is 0 Å². The molecule has 0 fully saturated rings. The lowest BCUT2D eigenvalue weighted by molar-refractivity contribution is 1.27. The van der Waals surface area contributed by atoms with Crippen molar-refractivity contribution in [3.05, 3.63) is 166 Å². The van der Waals surface area contributed by atoms with E-state index in [0.717, 1.165) is 89.4 Å². The molecule has 0 saturated heterocycles. The molecular weight excluding hydrogens is 633 g/mol. The third-order valence-electron chi connectivity index (χ3n) is 9.98. The summed E-state index contributed by atoms with van der Waals surface area (Å²) in [6.07, 6.45) is 8.59. The first-order valence-corrected chi connectivity index (χ1v) is 17.8. The first kappa shape index (κ1) is 31.5. The van der Waals surface area contributed by atoms with Crippen molar-refractivity contribution in [3.8, 4) is 44.5 Å². The predicted octanol–water partition coefficient (Wildman–Crippen LogP) is 12.6. The Kier molecular flexibility index (Phi) is 7.66. The van der Waals surface area contributed by atoms with Crippen molar-refractivity contribution in [2.24, 2.45) is 0 Å². The third kappa shape index (κ3) is 5.69. The summed E-state index contributed by atoms with van der Waals surface area (Å²) in [4.78, 5) is 18.6. The van der Waals surface area contributed by atoms with Crippen LogP contribution in [0.2, 0.25) is 0 Å². The van der Waals surface area contributed by atoms with Crippen molar-refractivity contribution in [2.75, 3.05) is 0 Å². The van der Waals surface area contributed by atoms with Gasteiger partial charge in [-0.2, -0.15) is 0 Å². The summed E-state index contributed by atoms with van der Waals surface area (Å²) in [5.41, 5.74) is 21.1. The molecule has 8 bridgehead atoms. The minimum absolute atomic E-state index is 0.889. The number of aryl methyl sites for hydroxylation is 4. The molecule has 4 aromatic carbocycles. The van der Waals surface area contributed by atoms with Crippen LogP contribution in [0.1, 0.15) is 45.0 Å². The van der Waals surface area contributed by atoms with Gasteiger partial charge in [0.2, 0.25) is 0 Å². The van der Waals surface area contributed by atoms with Gasteiger partial charge < -0.3 is 9.97 Å². The van der Waals surface area contributed by atoms with Crippen LogP contribution in [0.15, 0.2) is 121 Å². The molecule has 9 rings (SSSR count). The summed E-state index contributed by atoms with van der Waals surface area (Å²) < 4.78 is 0. The lowest BCUT2D eigenvalue weighted by Crippen LogP contribution is -1.91. The zero-order valence-corrected chi connectivity index (χ0v) is 29.8. The van der Waals surface area contributed by atoms with Crippen LogP contribution in [0.25, 0.3) is 90.9 Å². The van der Waals surface area contributed by atoms with Crippen molar-refractivity contribution < 1.29 is 0 Å². The fourth-order valence-corrected chi connectivity index (χ4v) is 7.62. The molecular formula is C48H38N4. The lowest BCUT2D eigenvalue weighted by Gasteiger charge is -2.08. The van der Waals surface area contributed by atoms with Gasteiger partial charge in [0.1, 0.15) is 0 Å². The van der Waals surface area contributed by atoms with Crippen LogP contribution in [0.4, 0.5) is 0 Å². The van der Waals surface area contributed by atoms with Gasteiger partial charge in [-0.1, -0.05) is 119 Å². The number of H-pyrrole nitrogens is 2. The van der Waals surface area contributed by atoms with Crippen molar-refractivity contribution in [1.82, 2.24) is 19.9 Å². The monoisotopic (exact) mass is 670 g/mol. The van der Waals surface area contributed by atoms with E-state index in [4.69, 9.17) is 9.97 Å². The number of rotatable bonds is 4. The van der Waals surface area contributed by atoms with E-state index in [1.807, 2.05) is 0 Å². The van der Waals surface area contributed by atoms with Gasteiger partial charge in [-0.3, -0.25) is 0 Å². The molecule has 2 aliphatic rings. The molecule has 250 valence electrons. The van der Waals surface area contributed by atoms with E-state index < -0.39 is 0 Å². The van der Waals surface area contributed by atoms with Crippen LogP contribution in [0, 0.1) is 27.7 Å². The van der Waals surface area contributed by atoms with Gasteiger partial charge in [0.05, 0.1) is 22.8 Å². The van der Waals surface area contributed by atoms with Crippen LogP contribution in [-0.2, 0) is 0 Å². The van der Waals surface area contributed by atoms with E-state index >= 15 is 0 Å². The smallest absolute Gasteiger partial charge is 0.0738 e. The van der Waals surface area contributed by atoms with Crippen molar-refractivity contribution in [1.29, 1.82) is 0 Å². The van der Waals surface area contributed by atoms with Crippen LogP contribution in [0.5, 0.6) is 0 Å². The van der Waals surface area contributed by atoms with Crippen LogP contribution >= 0.6 is 0 Å². The number of hydrogen-bond donors (Lipinski definition) is 2. The second kappa shape index (κ2) is 12.7. The summed E-state index contributed by atoms with van der Waals surface area (Å²) in [5.74, 6) is 0. The van der Waals surface area contributed by atoms with E-state index in [2.05, 4.69) is 183 Å². The van der Waals surface area contributed by atoms with Gasteiger partial charge in [-0.25, -0.2) is 9.97 Å². The Morgan fingerprint density at radius 3 is 0.962 bits per heavy atom. The maximum Gasteiger partial charge on any atom is 0.0738 e. The highest BCUT2D eigenvalue weighted by atomic mass is 14.8. The molecule has 0 unspecified atom stereocenters. The van der Waals surface area contributed by atoms with E-state index in [1.165, 1.54) is 22.3 Å². The number of hydrogen-bond acceptors (Lipinski definition) is 2. The summed E-state index contributed by atoms with van der Waals surface area (Å²) in [6, 6.07) is 43.5. The van der Waals surface area contributed by atoms with Crippen molar-refractivity contribution >= 4 is 46.4 Å². The molecule has 0 radical (unpaired) electrons. The van der Waals surface area contributed by atoms with Crippen LogP contribution < -0.4 is 0 Å². The molecule has 4 nitrogen and oxygen atoms in total. The fraction of sp³-hybridized carbons (Fsp3) is 0.0833. The molecule has 0 spiro atoms. The fourth-order valence-electron chi connectivity index (χ4n) is 7.62. The van der Waals surface area contributed by atoms with Gasteiger partial charge in [0.15, 0.2) is 0 Å². The number of aromatic nitrogens is 4. The molecule has 0 saturated carbocycles. The molecule has 0 amide bonds. The topological polar surface area (TPSA) is 57.4 Å². The van der Waals surface area contributed by atoms with Crippen molar-refractivity contribution in [3.63, 3.8) is 0 Å². The normalized spacial score (nSPS) is 12.1. The SMILES string of the molecule is Cc1cccc(-c2c3nc(c(-c4cccc(C)c4)c4ccc([nH]4)c(-c4cccc(C)c4)c4ccc([nH]4)c(-c4cccc(C)c4)c4nc2C=C4)C=C3)c1. The standard InChI is InChI=1S/C48H38N4/c1-29-9-5-13-33(25-29)45-37-17-19-39(49-37)46(34-14-6-10-30(2)26-34)41-21-23-43(51-41)48(36-16-8-12-32(4)28-36)44-24-22-42(52-44)47(40-20-18-38(45)50-40)35-15-7-11-31(3)27-35/h5-28,49-50H,1-4H3. The Morgan fingerprint density at radius 2 is 0.615 bits per heavy atom. The minimum atomic E-state index is 0.889. The zero-order chi connectivity index (χ0) is 35.3. The first-order chi connectivity index (χ1) is 25.4. The third-order valence-corrected chi connectivity index (χ3v) is 9.98. The van der Waals surface area contributed by atoms with E-state index in [-0.39, 0.29) is 0 Å². The molecule has 52 heavy (non-hydrogen) atoms. The minimum Gasteiger partial charge on any atom is -0.354 e. The number of nitrogens with one attached hydrogen (secondary N) is 2. The maximum absolute atomic E-state index is 5.42. The van der Waals surface area contributed by atoms with Gasteiger partial charge in [0.25, 0.3) is 0 Å². The summed E-state index contributed by atoms with van der Waals surface area (Å²) in [6.45, 7) is 8.56. The summed E-state index contributed by atoms with van der Waals surface area (Å²) >= 11 is 0. The molecule has 0 aliphatic carbocycles. The second-order valence-corrected chi connectivity index (χ2v) is 14.0. The highest BCUT2D eigenvalue weighted by Gasteiger charge is 2.19. The summed E-state index contributed by atoms with van der Waals surface area (Å²) in [5, 5.41) is 0. The number of fused-ring (bicyclic) bond motifs is 8. The molecule has 0 atom stereocenters. The molecule has 2 aliphatic heterocycles. The quantitative estimate of drug-likeness (QED) is 0.196. The highest BCUT2D eigenvalue weighted by molar-refractivity contribution is 6.00. The Balaban J connectivity index is 1.49. The molecule has 4 heteroatoms. The second-order valence-electron chi connectivity index (χ2n) is 14.0. The lowest BCUT2D eigenvalue weighted by atomic mass is 10.0. The molecule has 5 heterocycles. The van der Waals surface area contributed by atoms with Gasteiger partial charge in [0, 0.05) is 44.3 Å². The van der Waals surface area contributed by atoms with Gasteiger partial charge >= 0.3 is 0 Å². The summed E-state index contributed by atoms with van der Waals surface area (Å²) in [7, 11) is 0. The average Bonchev–Trinajstić information content (AvgIpc) is 3.96.